The van der Waals surface area contributed by atoms with Crippen LogP contribution in [0.25, 0.3) is 10.9 Å². The summed E-state index contributed by atoms with van der Waals surface area (Å²) in [6.45, 7) is 0. The number of anilines is 1. The van der Waals surface area contributed by atoms with E-state index in [1.54, 1.807) is 24.4 Å². The van der Waals surface area contributed by atoms with Gasteiger partial charge in [0.15, 0.2) is 0 Å². The number of nitrogens with one attached hydrogen (secondary N) is 2. The monoisotopic (exact) mass is 329 g/mol. The Hall–Kier alpha value is -2.86. The van der Waals surface area contributed by atoms with Gasteiger partial charge < -0.3 is 10.1 Å². The normalized spacial score (nSPS) is 10.5. The second-order valence-electron chi connectivity index (χ2n) is 4.78. The molecule has 0 aliphatic heterocycles. The minimum absolute atomic E-state index is 0.187. The van der Waals surface area contributed by atoms with E-state index in [1.807, 2.05) is 6.07 Å². The van der Waals surface area contributed by atoms with Crippen molar-refractivity contribution in [3.8, 4) is 0 Å². The summed E-state index contributed by atoms with van der Waals surface area (Å²) >= 11 is 5.96. The van der Waals surface area contributed by atoms with Crippen LogP contribution in [0.1, 0.15) is 20.7 Å². The Kier molecular flexibility index (Phi) is 3.99. The number of halogens is 1. The largest absolute Gasteiger partial charge is 0.465 e. The highest BCUT2D eigenvalue weighted by molar-refractivity contribution is 6.33. The maximum Gasteiger partial charge on any atom is 0.339 e. The number of H-pyrrole nitrogens is 1. The van der Waals surface area contributed by atoms with Gasteiger partial charge in [0, 0.05) is 11.1 Å². The van der Waals surface area contributed by atoms with E-state index in [4.69, 9.17) is 11.6 Å². The molecular weight excluding hydrogens is 318 g/mol. The molecule has 0 unspecified atom stereocenters. The van der Waals surface area contributed by atoms with Gasteiger partial charge >= 0.3 is 5.97 Å². The number of esters is 1. The van der Waals surface area contributed by atoms with Gasteiger partial charge in [-0.1, -0.05) is 23.7 Å². The van der Waals surface area contributed by atoms with Gasteiger partial charge in [-0.05, 0) is 24.3 Å². The third-order valence-corrected chi connectivity index (χ3v) is 3.68. The molecule has 6 nitrogen and oxygen atoms in total. The number of carbonyl (C=O) groups excluding carboxylic acids is 2. The topological polar surface area (TPSA) is 84.1 Å². The van der Waals surface area contributed by atoms with Crippen LogP contribution < -0.4 is 5.32 Å². The van der Waals surface area contributed by atoms with Gasteiger partial charge in [0.1, 0.15) is 0 Å². The fraction of sp³-hybridized carbons (Fsp3) is 0.0625. The summed E-state index contributed by atoms with van der Waals surface area (Å²) < 4.78 is 4.66. The van der Waals surface area contributed by atoms with Crippen molar-refractivity contribution in [3.05, 3.63) is 58.7 Å². The molecule has 116 valence electrons. The molecule has 3 rings (SSSR count). The van der Waals surface area contributed by atoms with Crippen LogP contribution in [-0.4, -0.2) is 29.2 Å². The molecule has 0 aliphatic rings. The number of hydrogen-bond donors (Lipinski definition) is 2. The lowest BCUT2D eigenvalue weighted by atomic mass is 10.1. The molecule has 0 saturated heterocycles. The van der Waals surface area contributed by atoms with Gasteiger partial charge in [0.05, 0.1) is 35.0 Å². The zero-order valence-corrected chi connectivity index (χ0v) is 12.8. The number of para-hydroxylation sites is 1. The Morgan fingerprint density at radius 1 is 1.22 bits per heavy atom. The van der Waals surface area contributed by atoms with Crippen LogP contribution in [0.15, 0.2) is 42.6 Å². The molecule has 2 N–H and O–H groups in total. The number of nitrogens with zero attached hydrogens (tertiary/aromatic N) is 1. The van der Waals surface area contributed by atoms with Crippen LogP contribution in [-0.2, 0) is 4.74 Å². The van der Waals surface area contributed by atoms with Gasteiger partial charge in [-0.25, -0.2) is 4.79 Å². The second-order valence-corrected chi connectivity index (χ2v) is 5.19. The number of methoxy groups -OCH3 is 1. The van der Waals surface area contributed by atoms with E-state index in [1.165, 1.54) is 19.2 Å². The first kappa shape index (κ1) is 15.1. The third kappa shape index (κ3) is 2.89. The highest BCUT2D eigenvalue weighted by Crippen LogP contribution is 2.23. The van der Waals surface area contributed by atoms with Crippen LogP contribution in [0.4, 0.5) is 5.69 Å². The van der Waals surface area contributed by atoms with E-state index in [-0.39, 0.29) is 16.5 Å². The highest BCUT2D eigenvalue weighted by Gasteiger charge is 2.15. The molecule has 0 atom stereocenters. The summed E-state index contributed by atoms with van der Waals surface area (Å²) in [5, 5.41) is 10.6. The lowest BCUT2D eigenvalue weighted by molar-refractivity contribution is 0.0600. The van der Waals surface area contributed by atoms with Crippen molar-refractivity contribution in [2.24, 2.45) is 0 Å². The summed E-state index contributed by atoms with van der Waals surface area (Å²) in [7, 11) is 1.27. The van der Waals surface area contributed by atoms with Crippen LogP contribution in [0.2, 0.25) is 5.02 Å². The van der Waals surface area contributed by atoms with Crippen molar-refractivity contribution in [3.63, 3.8) is 0 Å². The number of benzene rings is 2. The lowest BCUT2D eigenvalue weighted by Crippen LogP contribution is -2.13. The highest BCUT2D eigenvalue weighted by atomic mass is 35.5. The van der Waals surface area contributed by atoms with E-state index in [9.17, 15) is 9.59 Å². The summed E-state index contributed by atoms with van der Waals surface area (Å²) in [4.78, 5) is 24.1. The Morgan fingerprint density at radius 2 is 2.04 bits per heavy atom. The van der Waals surface area contributed by atoms with Gasteiger partial charge in [0.2, 0.25) is 0 Å². The lowest BCUT2D eigenvalue weighted by Gasteiger charge is -2.08. The van der Waals surface area contributed by atoms with Crippen molar-refractivity contribution < 1.29 is 14.3 Å². The van der Waals surface area contributed by atoms with Crippen LogP contribution in [0.3, 0.4) is 0 Å². The van der Waals surface area contributed by atoms with Gasteiger partial charge in [-0.15, -0.1) is 0 Å². The summed E-state index contributed by atoms with van der Waals surface area (Å²) in [5.41, 5.74) is 1.73. The Bertz CT molecular complexity index is 904. The predicted octanol–water partition coefficient (Wildman–Crippen LogP) is 3.26. The first-order valence-electron chi connectivity index (χ1n) is 6.71. The number of fused-ring (bicyclic) bond motifs is 1. The molecule has 1 aromatic heterocycles. The van der Waals surface area contributed by atoms with E-state index in [0.717, 1.165) is 5.39 Å². The quantitative estimate of drug-likeness (QED) is 0.722. The Morgan fingerprint density at radius 3 is 2.83 bits per heavy atom. The Labute approximate surface area is 136 Å². The first-order chi connectivity index (χ1) is 11.1. The van der Waals surface area contributed by atoms with Crippen LogP contribution in [0.5, 0.6) is 0 Å². The number of rotatable bonds is 3. The molecule has 0 aliphatic carbocycles. The van der Waals surface area contributed by atoms with Gasteiger partial charge in [0.25, 0.3) is 5.91 Å². The molecule has 0 fully saturated rings. The van der Waals surface area contributed by atoms with Crippen LogP contribution >= 0.6 is 11.6 Å². The standard InChI is InChI=1S/C16H12ClN3O3/c1-23-16(22)12-7-10(5-6-13(12)17)19-15(21)11-4-2-3-9-8-18-20-14(9)11/h2-8H,1H3,(H,18,20)(H,19,21). The number of aromatic amines is 1. The summed E-state index contributed by atoms with van der Waals surface area (Å²) in [5.74, 6) is -0.889. The zero-order valence-electron chi connectivity index (χ0n) is 12.1. The summed E-state index contributed by atoms with van der Waals surface area (Å²) in [6.07, 6.45) is 1.64. The van der Waals surface area contributed by atoms with Crippen molar-refractivity contribution in [1.29, 1.82) is 0 Å². The predicted molar refractivity (Wildman–Crippen MR) is 86.8 cm³/mol. The van der Waals surface area contributed by atoms with Crippen molar-refractivity contribution in [1.82, 2.24) is 10.2 Å². The molecule has 0 radical (unpaired) electrons. The number of aromatic nitrogens is 2. The summed E-state index contributed by atoms with van der Waals surface area (Å²) in [6, 6.07) is 9.92. The van der Waals surface area contributed by atoms with Crippen LogP contribution in [0, 0.1) is 0 Å². The maximum atomic E-state index is 12.5. The van der Waals surface area contributed by atoms with Crippen molar-refractivity contribution in [2.45, 2.75) is 0 Å². The average Bonchev–Trinajstić information content (AvgIpc) is 3.04. The van der Waals surface area contributed by atoms with E-state index in [2.05, 4.69) is 20.3 Å². The minimum Gasteiger partial charge on any atom is -0.465 e. The first-order valence-corrected chi connectivity index (χ1v) is 7.09. The second kappa shape index (κ2) is 6.10. The van der Waals surface area contributed by atoms with E-state index >= 15 is 0 Å². The fourth-order valence-corrected chi connectivity index (χ4v) is 2.42. The molecule has 23 heavy (non-hydrogen) atoms. The molecular formula is C16H12ClN3O3. The number of hydrogen-bond acceptors (Lipinski definition) is 4. The van der Waals surface area contributed by atoms with E-state index < -0.39 is 5.97 Å². The Balaban J connectivity index is 1.91. The molecule has 7 heteroatoms. The molecule has 0 spiro atoms. The van der Waals surface area contributed by atoms with Crippen molar-refractivity contribution >= 4 is 40.1 Å². The molecule has 1 heterocycles. The number of amides is 1. The SMILES string of the molecule is COC(=O)c1cc(NC(=O)c2cccc3cn[nH]c23)ccc1Cl. The molecule has 0 bridgehead atoms. The smallest absolute Gasteiger partial charge is 0.339 e. The minimum atomic E-state index is -0.568. The van der Waals surface area contributed by atoms with Gasteiger partial charge in [-0.3, -0.25) is 9.89 Å². The third-order valence-electron chi connectivity index (χ3n) is 3.35. The van der Waals surface area contributed by atoms with Gasteiger partial charge in [-0.2, -0.15) is 5.10 Å². The van der Waals surface area contributed by atoms with Crippen molar-refractivity contribution in [2.75, 3.05) is 12.4 Å². The molecule has 3 aromatic rings. The zero-order chi connectivity index (χ0) is 16.4. The molecule has 0 saturated carbocycles. The van der Waals surface area contributed by atoms with E-state index in [0.29, 0.717) is 16.8 Å². The maximum absolute atomic E-state index is 12.5. The fourth-order valence-electron chi connectivity index (χ4n) is 2.23. The average molecular weight is 330 g/mol. The molecule has 2 aromatic carbocycles. The molecule has 1 amide bonds. The number of ether oxygens (including phenoxy) is 1. The number of carbonyl (C=O) groups is 2.